The van der Waals surface area contributed by atoms with E-state index in [1.807, 2.05) is 24.3 Å². The fraction of sp³-hybridized carbons (Fsp3) is 0.308. The zero-order valence-corrected chi connectivity index (χ0v) is 12.7. The van der Waals surface area contributed by atoms with E-state index in [2.05, 4.69) is 5.32 Å². The Kier molecular flexibility index (Phi) is 4.29. The fourth-order valence-corrected chi connectivity index (χ4v) is 3.52. The van der Waals surface area contributed by atoms with E-state index in [9.17, 15) is 13.2 Å². The number of carbonyl (C=O) groups is 1. The Bertz CT molecular complexity index is 735. The number of nitrogens with two attached hydrogens (primary N) is 1. The highest BCUT2D eigenvalue weighted by Gasteiger charge is 2.16. The van der Waals surface area contributed by atoms with Crippen LogP contribution in [-0.2, 0) is 9.84 Å². The minimum absolute atomic E-state index is 0.0555. The molecule has 108 valence electrons. The molecular weight excluding hydrogens is 296 g/mol. The number of nitrogen functional groups attached to an aromatic ring is 1. The van der Waals surface area contributed by atoms with Gasteiger partial charge in [-0.3, -0.25) is 4.79 Å². The Morgan fingerprint density at radius 3 is 2.70 bits per heavy atom. The van der Waals surface area contributed by atoms with Crippen LogP contribution in [0.4, 0.5) is 5.69 Å². The second-order valence-corrected chi connectivity index (χ2v) is 7.86. The van der Waals surface area contributed by atoms with E-state index in [1.165, 1.54) is 11.3 Å². The van der Waals surface area contributed by atoms with Gasteiger partial charge in [-0.25, -0.2) is 8.42 Å². The van der Waals surface area contributed by atoms with Crippen molar-refractivity contribution in [2.24, 2.45) is 0 Å². The number of carbonyl (C=O) groups excluding carboxylic acids is 1. The predicted octanol–water partition coefficient (Wildman–Crippen LogP) is 1.65. The Morgan fingerprint density at radius 2 is 2.05 bits per heavy atom. The van der Waals surface area contributed by atoms with Crippen molar-refractivity contribution >= 4 is 42.9 Å². The lowest BCUT2D eigenvalue weighted by Gasteiger charge is -2.04. The average molecular weight is 312 g/mol. The van der Waals surface area contributed by atoms with Gasteiger partial charge in [0.2, 0.25) is 0 Å². The van der Waals surface area contributed by atoms with Gasteiger partial charge in [0, 0.05) is 22.4 Å². The smallest absolute Gasteiger partial charge is 0.263 e. The van der Waals surface area contributed by atoms with Gasteiger partial charge >= 0.3 is 0 Å². The molecule has 0 spiro atoms. The molecule has 0 aliphatic carbocycles. The Balaban J connectivity index is 2.10. The maximum absolute atomic E-state index is 12.0. The van der Waals surface area contributed by atoms with Gasteiger partial charge in [0.1, 0.15) is 4.88 Å². The number of nitrogens with one attached hydrogen (secondary N) is 1. The van der Waals surface area contributed by atoms with Crippen molar-refractivity contribution in [3.63, 3.8) is 0 Å². The number of hydrogen-bond donors (Lipinski definition) is 2. The van der Waals surface area contributed by atoms with Crippen LogP contribution in [0.25, 0.3) is 10.1 Å². The van der Waals surface area contributed by atoms with Crippen LogP contribution in [0.5, 0.6) is 0 Å². The van der Waals surface area contributed by atoms with Crippen LogP contribution < -0.4 is 11.1 Å². The molecule has 1 aromatic carbocycles. The van der Waals surface area contributed by atoms with Crippen LogP contribution in [0.1, 0.15) is 16.6 Å². The molecule has 1 heterocycles. The number of anilines is 1. The highest BCUT2D eigenvalue weighted by Crippen LogP contribution is 2.33. The van der Waals surface area contributed by atoms with Gasteiger partial charge in [-0.05, 0) is 6.07 Å². The van der Waals surface area contributed by atoms with Gasteiger partial charge in [-0.15, -0.1) is 11.3 Å². The second-order valence-electron chi connectivity index (χ2n) is 4.33. The zero-order valence-electron chi connectivity index (χ0n) is 11.0. The van der Waals surface area contributed by atoms with Crippen molar-refractivity contribution in [3.05, 3.63) is 29.1 Å². The lowest BCUT2D eigenvalue weighted by Crippen LogP contribution is -2.29. The summed E-state index contributed by atoms with van der Waals surface area (Å²) in [4.78, 5) is 12.5. The number of fused-ring (bicyclic) bond motifs is 1. The highest BCUT2D eigenvalue weighted by atomic mass is 32.2. The molecule has 0 fully saturated rings. The van der Waals surface area contributed by atoms with Gasteiger partial charge in [0.05, 0.1) is 11.4 Å². The molecule has 2 rings (SSSR count). The Hall–Kier alpha value is -1.60. The largest absolute Gasteiger partial charge is 0.397 e. The molecular formula is C13H16N2O3S2. The van der Waals surface area contributed by atoms with Gasteiger partial charge in [-0.1, -0.05) is 25.1 Å². The van der Waals surface area contributed by atoms with Crippen molar-refractivity contribution in [1.29, 1.82) is 0 Å². The first-order chi connectivity index (χ1) is 9.44. The van der Waals surface area contributed by atoms with E-state index >= 15 is 0 Å². The second kappa shape index (κ2) is 5.80. The molecule has 3 N–H and O–H groups in total. The lowest BCUT2D eigenvalue weighted by molar-refractivity contribution is 0.0961. The van der Waals surface area contributed by atoms with Crippen molar-refractivity contribution in [2.45, 2.75) is 6.92 Å². The van der Waals surface area contributed by atoms with Crippen LogP contribution in [0, 0.1) is 0 Å². The third-order valence-corrected chi connectivity index (χ3v) is 5.87. The maximum Gasteiger partial charge on any atom is 0.263 e. The molecule has 0 bridgehead atoms. The number of rotatable bonds is 5. The number of amides is 1. The molecule has 2 aromatic rings. The fourth-order valence-electron chi connectivity index (χ4n) is 1.78. The normalized spacial score (nSPS) is 11.7. The molecule has 0 unspecified atom stereocenters. The summed E-state index contributed by atoms with van der Waals surface area (Å²) in [5.41, 5.74) is 6.40. The quantitative estimate of drug-likeness (QED) is 0.878. The number of benzene rings is 1. The minimum Gasteiger partial charge on any atom is -0.397 e. The average Bonchev–Trinajstić information content (AvgIpc) is 2.76. The molecule has 1 amide bonds. The minimum atomic E-state index is -3.07. The number of hydrogen-bond acceptors (Lipinski definition) is 5. The summed E-state index contributed by atoms with van der Waals surface area (Å²) >= 11 is 1.31. The Morgan fingerprint density at radius 1 is 1.35 bits per heavy atom. The standard InChI is InChI=1S/C13H16N2O3S2/c1-2-20(17,18)8-7-15-13(16)12-11(14)9-5-3-4-6-10(9)19-12/h3-6H,2,7-8,14H2,1H3,(H,15,16). The van der Waals surface area contributed by atoms with Crippen LogP contribution >= 0.6 is 11.3 Å². The molecule has 0 radical (unpaired) electrons. The molecule has 0 aliphatic rings. The molecule has 5 nitrogen and oxygen atoms in total. The van der Waals surface area contributed by atoms with Gasteiger partial charge in [-0.2, -0.15) is 0 Å². The van der Waals surface area contributed by atoms with Crippen LogP contribution in [0.15, 0.2) is 24.3 Å². The van der Waals surface area contributed by atoms with Crippen molar-refractivity contribution < 1.29 is 13.2 Å². The first kappa shape index (κ1) is 14.8. The molecule has 1 aromatic heterocycles. The molecule has 0 aliphatic heterocycles. The van der Waals surface area contributed by atoms with Gasteiger partial charge < -0.3 is 11.1 Å². The topological polar surface area (TPSA) is 89.3 Å². The zero-order chi connectivity index (χ0) is 14.8. The van der Waals surface area contributed by atoms with Crippen LogP contribution in [0.2, 0.25) is 0 Å². The van der Waals surface area contributed by atoms with Crippen molar-refractivity contribution in [2.75, 3.05) is 23.8 Å². The molecule has 0 saturated heterocycles. The summed E-state index contributed by atoms with van der Waals surface area (Å²) in [6.07, 6.45) is 0. The summed E-state index contributed by atoms with van der Waals surface area (Å²) in [6.45, 7) is 1.68. The SMILES string of the molecule is CCS(=O)(=O)CCNC(=O)c1sc2ccccc2c1N. The summed E-state index contributed by atoms with van der Waals surface area (Å²) in [7, 11) is -3.07. The van der Waals surface area contributed by atoms with E-state index < -0.39 is 9.84 Å². The first-order valence-electron chi connectivity index (χ1n) is 6.20. The molecule has 7 heteroatoms. The first-order valence-corrected chi connectivity index (χ1v) is 8.84. The number of thiophene rings is 1. The van der Waals surface area contributed by atoms with E-state index in [1.54, 1.807) is 6.92 Å². The van der Waals surface area contributed by atoms with Crippen molar-refractivity contribution in [3.8, 4) is 0 Å². The van der Waals surface area contributed by atoms with Gasteiger partial charge in [0.25, 0.3) is 5.91 Å². The summed E-state index contributed by atoms with van der Waals surface area (Å²) in [5, 5.41) is 3.45. The molecule has 0 saturated carbocycles. The van der Waals surface area contributed by atoms with E-state index in [-0.39, 0.29) is 24.0 Å². The Labute approximate surface area is 121 Å². The van der Waals surface area contributed by atoms with Gasteiger partial charge in [0.15, 0.2) is 9.84 Å². The van der Waals surface area contributed by atoms with Crippen molar-refractivity contribution in [1.82, 2.24) is 5.32 Å². The highest BCUT2D eigenvalue weighted by molar-refractivity contribution is 7.91. The third kappa shape index (κ3) is 3.10. The number of sulfone groups is 1. The summed E-state index contributed by atoms with van der Waals surface area (Å²) in [5.74, 6) is -0.302. The lowest BCUT2D eigenvalue weighted by atomic mass is 10.2. The molecule has 20 heavy (non-hydrogen) atoms. The van der Waals surface area contributed by atoms with E-state index in [0.717, 1.165) is 10.1 Å². The van der Waals surface area contributed by atoms with Crippen LogP contribution in [0.3, 0.4) is 0 Å². The monoisotopic (exact) mass is 312 g/mol. The predicted molar refractivity (Wildman–Crippen MR) is 82.9 cm³/mol. The van der Waals surface area contributed by atoms with Crippen LogP contribution in [-0.4, -0.2) is 32.4 Å². The summed E-state index contributed by atoms with van der Waals surface area (Å²) in [6, 6.07) is 7.50. The van der Waals surface area contributed by atoms with E-state index in [0.29, 0.717) is 10.6 Å². The van der Waals surface area contributed by atoms with E-state index in [4.69, 9.17) is 5.73 Å². The molecule has 0 atom stereocenters. The third-order valence-electron chi connectivity index (χ3n) is 2.98. The summed E-state index contributed by atoms with van der Waals surface area (Å²) < 4.78 is 23.6. The maximum atomic E-state index is 12.0.